The molecule has 2 rings (SSSR count). The van der Waals surface area contributed by atoms with Crippen LogP contribution in [0.2, 0.25) is 0 Å². The number of aliphatic carboxylic acids is 1. The Hall–Kier alpha value is -1.90. The summed E-state index contributed by atoms with van der Waals surface area (Å²) in [5.41, 5.74) is 8.58. The minimum absolute atomic E-state index is 0. The molecule has 1 radical (unpaired) electrons. The topological polar surface area (TPSA) is 181 Å². The molecule has 34 heavy (non-hydrogen) atoms. The van der Waals surface area contributed by atoms with E-state index in [1.54, 1.807) is 25.1 Å². The number of nitriles is 1. The number of hydrogen-bond donors (Lipinski definition) is 2. The minimum atomic E-state index is -1.24. The van der Waals surface area contributed by atoms with Gasteiger partial charge < -0.3 is 43.4 Å². The fourth-order valence-corrected chi connectivity index (χ4v) is 3.42. The number of aromatic carboxylic acids is 1. The number of aromatic nitrogens is 1. The number of aryl methyl sites for hydroxylation is 1. The summed E-state index contributed by atoms with van der Waals surface area (Å²) < 4.78 is 5.60. The first kappa shape index (κ1) is 34.3. The van der Waals surface area contributed by atoms with Gasteiger partial charge in [-0.3, -0.25) is 0 Å². The second kappa shape index (κ2) is 17.5. The van der Waals surface area contributed by atoms with Gasteiger partial charge >= 0.3 is 0 Å². The van der Waals surface area contributed by atoms with Crippen LogP contribution in [0, 0.1) is 31.6 Å². The van der Waals surface area contributed by atoms with E-state index >= 15 is 0 Å². The van der Waals surface area contributed by atoms with Gasteiger partial charge in [0.15, 0.2) is 0 Å². The number of nitrogens with zero attached hydrogens (tertiary/aromatic N) is 2. The van der Waals surface area contributed by atoms with Crippen molar-refractivity contribution in [3.8, 4) is 22.4 Å². The first-order valence-electron chi connectivity index (χ1n) is 10.3. The zero-order chi connectivity index (χ0) is 24.3. The first-order chi connectivity index (χ1) is 15.1. The van der Waals surface area contributed by atoms with E-state index in [-0.39, 0.29) is 45.0 Å². The molecule has 185 valence electrons. The molecule has 0 aliphatic rings. The first-order valence-corrected chi connectivity index (χ1v) is 11.1. The number of rotatable bonds is 10. The summed E-state index contributed by atoms with van der Waals surface area (Å²) in [6.07, 6.45) is 2.46. The standard InChI is InChI=1S/C16H16N2O3S.C6H14N2O2.CH3.Y/c1-9(2)8-21-13-5-4-11(6-12(13)7-17)15-18-10(3)14(22-15)16(19)20;7-4-2-1-3-5(8)6(9)10;;/h4-6,9H,8H2,1-3H3,(H,19,20);5H,1-4,7-8H2,(H,9,10);1H3;/q;;-1;. The van der Waals surface area contributed by atoms with E-state index in [1.807, 2.05) is 13.8 Å². The van der Waals surface area contributed by atoms with Crippen LogP contribution in [-0.4, -0.2) is 36.1 Å². The van der Waals surface area contributed by atoms with Gasteiger partial charge in [-0.15, -0.1) is 11.3 Å². The van der Waals surface area contributed by atoms with Crippen LogP contribution in [0.15, 0.2) is 18.2 Å². The average Bonchev–Trinajstić information content (AvgIpc) is 3.14. The Balaban J connectivity index is 0. The minimum Gasteiger partial charge on any atom is -0.544 e. The molecule has 0 amide bonds. The molecule has 0 aliphatic heterocycles. The van der Waals surface area contributed by atoms with Crippen LogP contribution in [0.5, 0.6) is 5.75 Å². The number of carboxylic acids is 2. The van der Waals surface area contributed by atoms with E-state index in [1.165, 1.54) is 0 Å². The van der Waals surface area contributed by atoms with Crippen molar-refractivity contribution < 1.29 is 68.7 Å². The summed E-state index contributed by atoms with van der Waals surface area (Å²) in [6.45, 7) is 7.07. The molecule has 6 N–H and O–H groups in total. The fraction of sp³-hybridized carbons (Fsp3) is 0.435. The van der Waals surface area contributed by atoms with Crippen LogP contribution in [0.3, 0.4) is 0 Å². The Morgan fingerprint density at radius 2 is 1.91 bits per heavy atom. The number of ether oxygens (including phenoxy) is 1. The number of benzene rings is 1. The van der Waals surface area contributed by atoms with Gasteiger partial charge in [-0.05, 0) is 43.9 Å². The molecule has 0 fully saturated rings. The molecule has 2 aromatic rings. The third-order valence-corrected chi connectivity index (χ3v) is 5.47. The van der Waals surface area contributed by atoms with Gasteiger partial charge in [0.2, 0.25) is 0 Å². The number of carboxylic acid groups (broad SMARTS) is 2. The SMILES string of the molecule is Cc1nc(-c2ccc(OCC(C)C)c(C#N)c2)sc1C(=O)[O-].[CH3-].[NH3+]CCCCC([NH3+])C(=O)[O-].[Y]. The fourth-order valence-electron chi connectivity index (χ4n) is 2.53. The van der Waals surface area contributed by atoms with E-state index in [2.05, 4.69) is 22.5 Å². The van der Waals surface area contributed by atoms with E-state index in [9.17, 15) is 25.1 Å². The summed E-state index contributed by atoms with van der Waals surface area (Å²) in [4.78, 5) is 25.4. The Labute approximate surface area is 230 Å². The monoisotopic (exact) mass is 566 g/mol. The van der Waals surface area contributed by atoms with E-state index in [0.717, 1.165) is 30.7 Å². The maximum absolute atomic E-state index is 11.0. The van der Waals surface area contributed by atoms with E-state index in [4.69, 9.17) is 4.74 Å². The van der Waals surface area contributed by atoms with Gasteiger partial charge in [-0.2, -0.15) is 5.26 Å². The third kappa shape index (κ3) is 11.5. The molecule has 1 atom stereocenters. The Morgan fingerprint density at radius 3 is 2.38 bits per heavy atom. The third-order valence-electron chi connectivity index (χ3n) is 4.29. The zero-order valence-electron chi connectivity index (χ0n) is 20.3. The van der Waals surface area contributed by atoms with E-state index < -0.39 is 18.0 Å². The van der Waals surface area contributed by atoms with Gasteiger partial charge in [0, 0.05) is 44.7 Å². The molecule has 1 heterocycles. The van der Waals surface area contributed by atoms with Crippen LogP contribution in [-0.2, 0) is 37.5 Å². The number of unbranched alkanes of at least 4 members (excludes halogenated alkanes) is 1. The number of carbonyl (C=O) groups excluding carboxylic acids is 2. The van der Waals surface area contributed by atoms with Crippen molar-refractivity contribution in [3.05, 3.63) is 41.8 Å². The van der Waals surface area contributed by atoms with Gasteiger partial charge in [-0.1, -0.05) is 13.8 Å². The number of thiazole rings is 1. The maximum atomic E-state index is 11.0. The van der Waals surface area contributed by atoms with Crippen LogP contribution >= 0.6 is 11.3 Å². The normalized spacial score (nSPS) is 10.6. The summed E-state index contributed by atoms with van der Waals surface area (Å²) >= 11 is 1.04. The number of hydrogen-bond acceptors (Lipinski definition) is 8. The molecule has 1 aromatic heterocycles. The molecule has 0 bridgehead atoms. The van der Waals surface area contributed by atoms with Gasteiger partial charge in [-0.25, -0.2) is 4.98 Å². The summed E-state index contributed by atoms with van der Waals surface area (Å²) in [6, 6.07) is 6.69. The molecule has 0 saturated heterocycles. The van der Waals surface area contributed by atoms with Crippen molar-refractivity contribution in [2.45, 2.75) is 46.1 Å². The predicted octanol–water partition coefficient (Wildman–Crippen LogP) is -0.405. The van der Waals surface area contributed by atoms with Crippen LogP contribution < -0.4 is 26.4 Å². The molecular weight excluding hydrogens is 533 g/mol. The zero-order valence-corrected chi connectivity index (χ0v) is 23.9. The average molecular weight is 567 g/mol. The molecule has 9 nitrogen and oxygen atoms in total. The Kier molecular flexibility index (Phi) is 17.7. The second-order valence-electron chi connectivity index (χ2n) is 7.61. The van der Waals surface area contributed by atoms with Gasteiger partial charge in [0.25, 0.3) is 0 Å². The van der Waals surface area contributed by atoms with Crippen molar-refractivity contribution in [2.24, 2.45) is 5.92 Å². The van der Waals surface area contributed by atoms with Gasteiger partial charge in [0.1, 0.15) is 22.9 Å². The smallest absolute Gasteiger partial charge is 0.137 e. The van der Waals surface area contributed by atoms with Crippen molar-refractivity contribution in [1.82, 2.24) is 4.98 Å². The summed E-state index contributed by atoms with van der Waals surface area (Å²) in [5.74, 6) is -1.41. The van der Waals surface area contributed by atoms with Crippen molar-refractivity contribution in [2.75, 3.05) is 13.2 Å². The molecule has 11 heteroatoms. The molecule has 1 unspecified atom stereocenters. The van der Waals surface area contributed by atoms with Crippen LogP contribution in [0.25, 0.3) is 10.6 Å². The molecule has 1 aromatic carbocycles. The Bertz CT molecular complexity index is 959. The maximum Gasteiger partial charge on any atom is 0.137 e. The molecule has 0 saturated carbocycles. The second-order valence-corrected chi connectivity index (χ2v) is 8.61. The molecular formula is C23H33N4O5SY-. The van der Waals surface area contributed by atoms with Crippen molar-refractivity contribution >= 4 is 23.3 Å². The molecule has 0 aliphatic carbocycles. The van der Waals surface area contributed by atoms with Crippen molar-refractivity contribution in [1.29, 1.82) is 5.26 Å². The summed E-state index contributed by atoms with van der Waals surface area (Å²) in [5, 5.41) is 30.9. The van der Waals surface area contributed by atoms with Crippen LogP contribution in [0.1, 0.15) is 54.0 Å². The predicted molar refractivity (Wildman–Crippen MR) is 121 cm³/mol. The van der Waals surface area contributed by atoms with E-state index in [0.29, 0.717) is 46.5 Å². The van der Waals surface area contributed by atoms with Crippen LogP contribution in [0.4, 0.5) is 0 Å². The quantitative estimate of drug-likeness (QED) is 0.290. The largest absolute Gasteiger partial charge is 0.544 e. The van der Waals surface area contributed by atoms with Gasteiger partial charge in [0.05, 0.1) is 41.2 Å². The number of carbonyl (C=O) groups is 2. The summed E-state index contributed by atoms with van der Waals surface area (Å²) in [7, 11) is 0. The number of quaternary nitrogens is 2. The Morgan fingerprint density at radius 1 is 1.26 bits per heavy atom. The van der Waals surface area contributed by atoms with Crippen molar-refractivity contribution in [3.63, 3.8) is 0 Å². The molecule has 0 spiro atoms.